The van der Waals surface area contributed by atoms with Gasteiger partial charge in [0.25, 0.3) is 0 Å². The van der Waals surface area contributed by atoms with E-state index in [1.807, 2.05) is 18.7 Å². The Hall–Kier alpha value is -4.03. The number of urea groups is 1. The van der Waals surface area contributed by atoms with Gasteiger partial charge >= 0.3 is 18.2 Å². The van der Waals surface area contributed by atoms with Crippen molar-refractivity contribution in [3.8, 4) is 17.2 Å². The molecule has 3 aromatic rings. The molecule has 0 atom stereocenters. The molecular formula is C26H26ClF3N4O5. The van der Waals surface area contributed by atoms with Crippen molar-refractivity contribution in [2.45, 2.75) is 20.0 Å². The van der Waals surface area contributed by atoms with Crippen LogP contribution in [-0.4, -0.2) is 53.2 Å². The topological polar surface area (TPSA) is 113 Å². The fourth-order valence-corrected chi connectivity index (χ4v) is 3.73. The standard InChI is InChI=1S/C26H26ClF3N4O5/c1-3-34(4-2)13-14-38-23-19(27)9-10-20(22(23)26(28,29)30)33-25(37)32-16-5-7-17(8-6-16)39-18-11-12-31-21(15-18)24(35)36/h5-12,15H,3-4,13-14H2,1-2H3,(H,35,36)(H2,32,33,37). The molecule has 0 saturated carbocycles. The minimum atomic E-state index is -4.86. The van der Waals surface area contributed by atoms with Gasteiger partial charge in [-0.1, -0.05) is 25.4 Å². The van der Waals surface area contributed by atoms with Gasteiger partial charge in [0.15, 0.2) is 11.4 Å². The lowest BCUT2D eigenvalue weighted by Gasteiger charge is -2.22. The molecule has 3 rings (SSSR count). The van der Waals surface area contributed by atoms with Crippen LogP contribution in [0.4, 0.5) is 29.3 Å². The maximum atomic E-state index is 14.0. The minimum Gasteiger partial charge on any atom is -0.490 e. The van der Waals surface area contributed by atoms with Crippen LogP contribution in [0.1, 0.15) is 29.9 Å². The third-order valence-electron chi connectivity index (χ3n) is 5.49. The average Bonchev–Trinajstić information content (AvgIpc) is 2.88. The molecule has 0 aliphatic carbocycles. The van der Waals surface area contributed by atoms with Crippen molar-refractivity contribution >= 4 is 35.0 Å². The zero-order valence-corrected chi connectivity index (χ0v) is 21.8. The molecule has 0 aliphatic rings. The van der Waals surface area contributed by atoms with Gasteiger partial charge in [0, 0.05) is 24.5 Å². The molecule has 0 radical (unpaired) electrons. The first-order valence-corrected chi connectivity index (χ1v) is 12.2. The number of nitrogens with one attached hydrogen (secondary N) is 2. The van der Waals surface area contributed by atoms with Gasteiger partial charge in [-0.3, -0.25) is 0 Å². The molecule has 2 amide bonds. The number of anilines is 2. The van der Waals surface area contributed by atoms with Crippen LogP contribution < -0.4 is 20.1 Å². The Morgan fingerprint density at radius 3 is 2.33 bits per heavy atom. The molecule has 0 fully saturated rings. The second kappa shape index (κ2) is 13.2. The van der Waals surface area contributed by atoms with Crippen LogP contribution in [0.25, 0.3) is 0 Å². The SMILES string of the molecule is CCN(CC)CCOc1c(Cl)ccc(NC(=O)Nc2ccc(Oc3ccnc(C(=O)O)c3)cc2)c1C(F)(F)F. The van der Waals surface area contributed by atoms with Gasteiger partial charge in [-0.25, -0.2) is 14.6 Å². The Bertz CT molecular complexity index is 1300. The highest BCUT2D eigenvalue weighted by Gasteiger charge is 2.39. The van der Waals surface area contributed by atoms with E-state index in [4.69, 9.17) is 26.2 Å². The molecule has 0 spiro atoms. The molecule has 0 bridgehead atoms. The number of aromatic carboxylic acids is 1. The second-order valence-electron chi connectivity index (χ2n) is 8.06. The molecule has 0 aliphatic heterocycles. The van der Waals surface area contributed by atoms with Crippen molar-refractivity contribution in [3.63, 3.8) is 0 Å². The summed E-state index contributed by atoms with van der Waals surface area (Å²) in [5.41, 5.74) is -1.64. The monoisotopic (exact) mass is 566 g/mol. The van der Waals surface area contributed by atoms with Crippen LogP contribution in [0.2, 0.25) is 5.02 Å². The van der Waals surface area contributed by atoms with E-state index in [9.17, 15) is 22.8 Å². The number of hydrogen-bond acceptors (Lipinski definition) is 6. The number of benzene rings is 2. The predicted octanol–water partition coefficient (Wildman–Crippen LogP) is 6.61. The Balaban J connectivity index is 1.71. The average molecular weight is 567 g/mol. The summed E-state index contributed by atoms with van der Waals surface area (Å²) in [6, 6.07) is 9.96. The molecule has 1 aromatic heterocycles. The highest BCUT2D eigenvalue weighted by molar-refractivity contribution is 6.32. The van der Waals surface area contributed by atoms with Crippen molar-refractivity contribution in [2.24, 2.45) is 0 Å². The van der Waals surface area contributed by atoms with Gasteiger partial charge in [0.05, 0.1) is 10.7 Å². The van der Waals surface area contributed by atoms with Gasteiger partial charge in [0.1, 0.15) is 23.7 Å². The number of nitrogens with zero attached hydrogens (tertiary/aromatic N) is 2. The number of carbonyl (C=O) groups is 2. The van der Waals surface area contributed by atoms with Crippen LogP contribution in [0.3, 0.4) is 0 Å². The summed E-state index contributed by atoms with van der Waals surface area (Å²) in [5, 5.41) is 13.5. The molecule has 0 saturated heterocycles. The molecule has 208 valence electrons. The fraction of sp³-hybridized carbons (Fsp3) is 0.269. The minimum absolute atomic E-state index is 0.0222. The number of hydrogen-bond donors (Lipinski definition) is 3. The number of ether oxygens (including phenoxy) is 2. The van der Waals surface area contributed by atoms with Crippen LogP contribution in [-0.2, 0) is 6.18 Å². The van der Waals surface area contributed by atoms with Crippen molar-refractivity contribution in [3.05, 3.63) is 71.0 Å². The normalized spacial score (nSPS) is 11.3. The maximum absolute atomic E-state index is 14.0. The number of pyridine rings is 1. The maximum Gasteiger partial charge on any atom is 0.422 e. The highest BCUT2D eigenvalue weighted by Crippen LogP contribution is 2.45. The van der Waals surface area contributed by atoms with E-state index in [0.29, 0.717) is 25.4 Å². The van der Waals surface area contributed by atoms with Crippen molar-refractivity contribution in [1.82, 2.24) is 9.88 Å². The van der Waals surface area contributed by atoms with Crippen molar-refractivity contribution in [1.29, 1.82) is 0 Å². The lowest BCUT2D eigenvalue weighted by molar-refractivity contribution is -0.138. The summed E-state index contributed by atoms with van der Waals surface area (Å²) in [7, 11) is 0. The molecule has 13 heteroatoms. The van der Waals surface area contributed by atoms with Gasteiger partial charge in [0.2, 0.25) is 0 Å². The van der Waals surface area contributed by atoms with E-state index in [1.54, 1.807) is 0 Å². The predicted molar refractivity (Wildman–Crippen MR) is 140 cm³/mol. The second-order valence-corrected chi connectivity index (χ2v) is 8.47. The summed E-state index contributed by atoms with van der Waals surface area (Å²) in [6.45, 7) is 5.67. The van der Waals surface area contributed by atoms with Gasteiger partial charge in [-0.2, -0.15) is 13.2 Å². The number of rotatable bonds is 11. The number of alkyl halides is 3. The van der Waals surface area contributed by atoms with Crippen LogP contribution >= 0.6 is 11.6 Å². The number of carbonyl (C=O) groups excluding carboxylic acids is 1. The fourth-order valence-electron chi connectivity index (χ4n) is 3.52. The van der Waals surface area contributed by atoms with Gasteiger partial charge in [-0.15, -0.1) is 0 Å². The Morgan fingerprint density at radius 2 is 1.72 bits per heavy atom. The van der Waals surface area contributed by atoms with Crippen LogP contribution in [0, 0.1) is 0 Å². The number of carboxylic acid groups (broad SMARTS) is 1. The first-order chi connectivity index (χ1) is 18.5. The van der Waals surface area contributed by atoms with E-state index < -0.39 is 35.2 Å². The molecule has 39 heavy (non-hydrogen) atoms. The lowest BCUT2D eigenvalue weighted by atomic mass is 10.1. The molecule has 9 nitrogen and oxygen atoms in total. The van der Waals surface area contributed by atoms with E-state index in [1.165, 1.54) is 48.7 Å². The largest absolute Gasteiger partial charge is 0.490 e. The third kappa shape index (κ3) is 8.23. The summed E-state index contributed by atoms with van der Waals surface area (Å²) in [4.78, 5) is 29.3. The molecular weight excluding hydrogens is 541 g/mol. The van der Waals surface area contributed by atoms with Crippen LogP contribution in [0.15, 0.2) is 54.7 Å². The lowest BCUT2D eigenvalue weighted by Crippen LogP contribution is -2.28. The molecule has 3 N–H and O–H groups in total. The summed E-state index contributed by atoms with van der Waals surface area (Å²) < 4.78 is 53.0. The van der Waals surface area contributed by atoms with Gasteiger partial charge in [-0.05, 0) is 55.6 Å². The first-order valence-electron chi connectivity index (χ1n) is 11.8. The van der Waals surface area contributed by atoms with E-state index >= 15 is 0 Å². The molecule has 2 aromatic carbocycles. The third-order valence-corrected chi connectivity index (χ3v) is 5.79. The van der Waals surface area contributed by atoms with Crippen molar-refractivity contribution in [2.75, 3.05) is 36.9 Å². The zero-order chi connectivity index (χ0) is 28.6. The number of aromatic nitrogens is 1. The van der Waals surface area contributed by atoms with Gasteiger partial charge < -0.3 is 30.1 Å². The van der Waals surface area contributed by atoms with E-state index in [0.717, 1.165) is 6.07 Å². The highest BCUT2D eigenvalue weighted by atomic mass is 35.5. The number of halogens is 4. The molecule has 1 heterocycles. The summed E-state index contributed by atoms with van der Waals surface area (Å²) >= 11 is 6.04. The quantitative estimate of drug-likeness (QED) is 0.239. The van der Waals surface area contributed by atoms with Crippen LogP contribution in [0.5, 0.6) is 17.2 Å². The van der Waals surface area contributed by atoms with E-state index in [2.05, 4.69) is 15.6 Å². The Labute approximate surface area is 227 Å². The summed E-state index contributed by atoms with van der Waals surface area (Å²) in [5.74, 6) is -1.21. The first kappa shape index (κ1) is 29.5. The number of carboxylic acids is 1. The molecule has 0 unspecified atom stereocenters. The van der Waals surface area contributed by atoms with Crippen molar-refractivity contribution < 1.29 is 37.3 Å². The Kier molecular flexibility index (Phi) is 9.96. The summed E-state index contributed by atoms with van der Waals surface area (Å²) in [6.07, 6.45) is -3.57. The number of likely N-dealkylation sites (N-methyl/N-ethyl adjacent to an activating group) is 1. The van der Waals surface area contributed by atoms with E-state index in [-0.39, 0.29) is 28.8 Å². The Morgan fingerprint density at radius 1 is 1.03 bits per heavy atom. The number of amides is 2. The smallest absolute Gasteiger partial charge is 0.422 e. The zero-order valence-electron chi connectivity index (χ0n) is 21.0.